The normalized spacial score (nSPS) is 23.6. The van der Waals surface area contributed by atoms with Crippen molar-refractivity contribution in [1.29, 1.82) is 0 Å². The number of piperazine rings is 1. The molecule has 0 radical (unpaired) electrons. The molecule has 2 saturated heterocycles. The number of carbonyl (C=O) groups excluding carboxylic acids is 2. The average molecular weight is 524 g/mol. The van der Waals surface area contributed by atoms with Crippen LogP contribution in [0.2, 0.25) is 0 Å². The Bertz CT molecular complexity index is 914. The molecule has 1 aromatic carbocycles. The van der Waals surface area contributed by atoms with Crippen molar-refractivity contribution in [3.05, 3.63) is 35.4 Å². The molecule has 2 unspecified atom stereocenters. The van der Waals surface area contributed by atoms with Gasteiger partial charge in [-0.25, -0.2) is 0 Å². The van der Waals surface area contributed by atoms with Gasteiger partial charge >= 0.3 is 6.18 Å². The Hall–Kier alpha value is -2.17. The molecule has 37 heavy (non-hydrogen) atoms. The van der Waals surface area contributed by atoms with Crippen LogP contribution in [0.15, 0.2) is 24.3 Å². The lowest BCUT2D eigenvalue weighted by atomic mass is 9.94. The summed E-state index contributed by atoms with van der Waals surface area (Å²) >= 11 is 0. The van der Waals surface area contributed by atoms with Crippen LogP contribution in [0.1, 0.15) is 67.8 Å². The van der Waals surface area contributed by atoms with Gasteiger partial charge in [0.2, 0.25) is 5.91 Å². The zero-order valence-electron chi connectivity index (χ0n) is 21.7. The van der Waals surface area contributed by atoms with Crippen molar-refractivity contribution in [2.45, 2.75) is 76.3 Å². The molecular formula is C27H40F3N5O2. The highest BCUT2D eigenvalue weighted by molar-refractivity contribution is 5.96. The molecule has 2 N–H and O–H groups in total. The summed E-state index contributed by atoms with van der Waals surface area (Å²) in [6, 6.07) is 5.25. The third kappa shape index (κ3) is 7.67. The number of halogens is 3. The van der Waals surface area contributed by atoms with Crippen LogP contribution in [0.3, 0.4) is 0 Å². The summed E-state index contributed by atoms with van der Waals surface area (Å²) in [5.41, 5.74) is -1.02. The molecule has 1 aromatic rings. The Balaban J connectivity index is 1.20. The number of carbonyl (C=O) groups is 2. The summed E-state index contributed by atoms with van der Waals surface area (Å²) in [6.45, 7) is 8.19. The molecule has 206 valence electrons. The van der Waals surface area contributed by atoms with Crippen LogP contribution in [0.4, 0.5) is 13.2 Å². The lowest BCUT2D eigenvalue weighted by Crippen LogP contribution is -2.56. The van der Waals surface area contributed by atoms with Crippen LogP contribution in [0, 0.1) is 0 Å². The van der Waals surface area contributed by atoms with Gasteiger partial charge in [-0.1, -0.05) is 25.3 Å². The van der Waals surface area contributed by atoms with E-state index in [9.17, 15) is 22.8 Å². The third-order valence-corrected chi connectivity index (χ3v) is 8.07. The summed E-state index contributed by atoms with van der Waals surface area (Å²) in [5, 5.41) is 5.45. The molecule has 2 atom stereocenters. The molecule has 0 spiro atoms. The Morgan fingerprint density at radius 2 is 1.73 bits per heavy atom. The predicted octanol–water partition coefficient (Wildman–Crippen LogP) is 3.31. The summed E-state index contributed by atoms with van der Waals surface area (Å²) in [6.07, 6.45) is 3.98. The van der Waals surface area contributed by atoms with E-state index in [1.807, 2.05) is 0 Å². The second-order valence-corrected chi connectivity index (χ2v) is 10.7. The highest BCUT2D eigenvalue weighted by Gasteiger charge is 2.33. The van der Waals surface area contributed by atoms with Gasteiger partial charge in [0.05, 0.1) is 18.3 Å². The van der Waals surface area contributed by atoms with Crippen molar-refractivity contribution in [3.63, 3.8) is 0 Å². The quantitative estimate of drug-likeness (QED) is 0.547. The van der Waals surface area contributed by atoms with Gasteiger partial charge in [0, 0.05) is 56.9 Å². The van der Waals surface area contributed by atoms with Gasteiger partial charge in [-0.05, 0) is 50.8 Å². The number of nitrogens with one attached hydrogen (secondary N) is 2. The second kappa shape index (κ2) is 12.6. The Kier molecular flexibility index (Phi) is 9.47. The van der Waals surface area contributed by atoms with Crippen LogP contribution >= 0.6 is 0 Å². The highest BCUT2D eigenvalue weighted by Crippen LogP contribution is 2.29. The summed E-state index contributed by atoms with van der Waals surface area (Å²) in [7, 11) is 0. The van der Waals surface area contributed by atoms with Crippen molar-refractivity contribution in [2.24, 2.45) is 0 Å². The highest BCUT2D eigenvalue weighted by atomic mass is 19.4. The van der Waals surface area contributed by atoms with Crippen LogP contribution in [0.25, 0.3) is 0 Å². The van der Waals surface area contributed by atoms with E-state index in [2.05, 4.69) is 32.3 Å². The molecule has 3 fully saturated rings. The second-order valence-electron chi connectivity index (χ2n) is 10.7. The number of alkyl halides is 3. The molecule has 2 amide bonds. The lowest BCUT2D eigenvalue weighted by molar-refractivity contribution is -0.137. The fourth-order valence-corrected chi connectivity index (χ4v) is 6.04. The van der Waals surface area contributed by atoms with Gasteiger partial charge in [-0.2, -0.15) is 13.2 Å². The maximum Gasteiger partial charge on any atom is 0.416 e. The fourth-order valence-electron chi connectivity index (χ4n) is 6.04. The SMILES string of the molecule is CC(CN1CCN(C2CCCCC2)CC1)N1CCCC1NC(=O)CNC(=O)c1cccc(C(F)(F)F)c1. The number of benzene rings is 1. The molecule has 4 rings (SSSR count). The van der Waals surface area contributed by atoms with Gasteiger partial charge in [-0.15, -0.1) is 0 Å². The van der Waals surface area contributed by atoms with Crippen molar-refractivity contribution in [2.75, 3.05) is 45.8 Å². The lowest BCUT2D eigenvalue weighted by Gasteiger charge is -2.42. The number of likely N-dealkylation sites (tertiary alicyclic amines) is 1. The van der Waals surface area contributed by atoms with E-state index in [0.717, 1.165) is 70.3 Å². The average Bonchev–Trinajstić information content (AvgIpc) is 3.36. The first-order valence-corrected chi connectivity index (χ1v) is 13.7. The summed E-state index contributed by atoms with van der Waals surface area (Å²) in [5.74, 6) is -1.05. The van der Waals surface area contributed by atoms with Gasteiger partial charge in [0.15, 0.2) is 0 Å². The minimum atomic E-state index is -4.53. The van der Waals surface area contributed by atoms with E-state index >= 15 is 0 Å². The van der Waals surface area contributed by atoms with Crippen molar-refractivity contribution < 1.29 is 22.8 Å². The van der Waals surface area contributed by atoms with E-state index in [1.165, 1.54) is 44.2 Å². The van der Waals surface area contributed by atoms with Gasteiger partial charge in [0.1, 0.15) is 0 Å². The summed E-state index contributed by atoms with van der Waals surface area (Å²) < 4.78 is 38.7. The van der Waals surface area contributed by atoms with Gasteiger partial charge in [-0.3, -0.25) is 24.3 Å². The number of hydrogen-bond acceptors (Lipinski definition) is 5. The molecule has 0 bridgehead atoms. The molecule has 2 heterocycles. The first kappa shape index (κ1) is 27.9. The first-order valence-electron chi connectivity index (χ1n) is 13.7. The Morgan fingerprint density at radius 1 is 1.00 bits per heavy atom. The van der Waals surface area contributed by atoms with Crippen LogP contribution in [-0.4, -0.2) is 90.6 Å². The van der Waals surface area contributed by atoms with E-state index in [-0.39, 0.29) is 30.2 Å². The molecule has 1 aliphatic carbocycles. The van der Waals surface area contributed by atoms with Crippen LogP contribution in [0.5, 0.6) is 0 Å². The smallest absolute Gasteiger partial charge is 0.343 e. The van der Waals surface area contributed by atoms with Gasteiger partial charge < -0.3 is 10.6 Å². The van der Waals surface area contributed by atoms with Gasteiger partial charge in [0.25, 0.3) is 5.91 Å². The first-order chi connectivity index (χ1) is 17.7. The topological polar surface area (TPSA) is 67.9 Å². The van der Waals surface area contributed by atoms with Crippen LogP contribution < -0.4 is 10.6 Å². The predicted molar refractivity (Wildman–Crippen MR) is 136 cm³/mol. The number of hydrogen-bond donors (Lipinski definition) is 2. The fraction of sp³-hybridized carbons (Fsp3) is 0.704. The maximum absolute atomic E-state index is 12.9. The summed E-state index contributed by atoms with van der Waals surface area (Å²) in [4.78, 5) is 32.4. The Morgan fingerprint density at radius 3 is 2.43 bits per heavy atom. The van der Waals surface area contributed by atoms with Crippen LogP contribution in [-0.2, 0) is 11.0 Å². The van der Waals surface area contributed by atoms with Crippen molar-refractivity contribution >= 4 is 11.8 Å². The molecule has 1 saturated carbocycles. The molecule has 0 aromatic heterocycles. The number of rotatable bonds is 8. The zero-order chi connectivity index (χ0) is 26.4. The molecule has 10 heteroatoms. The van der Waals surface area contributed by atoms with Crippen molar-refractivity contribution in [3.8, 4) is 0 Å². The molecule has 2 aliphatic heterocycles. The molecule has 3 aliphatic rings. The monoisotopic (exact) mass is 523 g/mol. The van der Waals surface area contributed by atoms with E-state index in [4.69, 9.17) is 0 Å². The molecular weight excluding hydrogens is 483 g/mol. The minimum absolute atomic E-state index is 0.100. The largest absolute Gasteiger partial charge is 0.416 e. The molecule has 7 nitrogen and oxygen atoms in total. The maximum atomic E-state index is 12.9. The van der Waals surface area contributed by atoms with E-state index < -0.39 is 17.6 Å². The van der Waals surface area contributed by atoms with E-state index in [1.54, 1.807) is 0 Å². The number of amides is 2. The number of nitrogens with zero attached hydrogens (tertiary/aromatic N) is 3. The third-order valence-electron chi connectivity index (χ3n) is 8.07. The Labute approximate surface area is 217 Å². The standard InChI is InChI=1S/C27H40F3N5O2/c1-20(19-33-13-15-34(16-14-33)23-9-3-2-4-10-23)35-12-6-11-24(35)32-25(36)18-31-26(37)21-7-5-8-22(17-21)27(28,29)30/h5,7-8,17,20,23-24H,2-4,6,9-16,18-19H2,1H3,(H,31,37)(H,32,36). The van der Waals surface area contributed by atoms with E-state index in [0.29, 0.717) is 0 Å². The zero-order valence-corrected chi connectivity index (χ0v) is 21.7. The minimum Gasteiger partial charge on any atom is -0.343 e. The van der Waals surface area contributed by atoms with Crippen molar-refractivity contribution in [1.82, 2.24) is 25.3 Å².